The Kier molecular flexibility index (Phi) is 3.92. The molecule has 1 N–H and O–H groups in total. The van der Waals surface area contributed by atoms with Crippen molar-refractivity contribution in [3.05, 3.63) is 78.6 Å². The van der Waals surface area contributed by atoms with Crippen molar-refractivity contribution in [1.82, 2.24) is 4.57 Å². The van der Waals surface area contributed by atoms with E-state index in [2.05, 4.69) is 5.32 Å². The summed E-state index contributed by atoms with van der Waals surface area (Å²) in [5.41, 5.74) is 2.30. The predicted octanol–water partition coefficient (Wildman–Crippen LogP) is 3.74. The van der Waals surface area contributed by atoms with Crippen LogP contribution in [0.1, 0.15) is 10.4 Å². The van der Waals surface area contributed by atoms with E-state index in [1.54, 1.807) is 19.2 Å². The van der Waals surface area contributed by atoms with Crippen LogP contribution in [0.5, 0.6) is 5.75 Å². The molecule has 3 aromatic rings. The average molecular weight is 292 g/mol. The van der Waals surface area contributed by atoms with Crippen LogP contribution in [0.15, 0.2) is 73.1 Å². The summed E-state index contributed by atoms with van der Waals surface area (Å²) in [6.45, 7) is 0. The minimum Gasteiger partial charge on any atom is -0.496 e. The average Bonchev–Trinajstić information content (AvgIpc) is 3.10. The maximum Gasteiger partial charge on any atom is 0.259 e. The first kappa shape index (κ1) is 13.9. The van der Waals surface area contributed by atoms with E-state index < -0.39 is 0 Å². The van der Waals surface area contributed by atoms with E-state index in [9.17, 15) is 4.79 Å². The number of hydrogen-bond donors (Lipinski definition) is 1. The van der Waals surface area contributed by atoms with E-state index in [0.29, 0.717) is 11.3 Å². The van der Waals surface area contributed by atoms with E-state index in [4.69, 9.17) is 4.74 Å². The van der Waals surface area contributed by atoms with Crippen molar-refractivity contribution in [3.8, 4) is 11.4 Å². The normalized spacial score (nSPS) is 10.2. The molecule has 2 aromatic carbocycles. The van der Waals surface area contributed by atoms with E-state index in [0.717, 1.165) is 11.4 Å². The van der Waals surface area contributed by atoms with Gasteiger partial charge in [-0.3, -0.25) is 4.79 Å². The second kappa shape index (κ2) is 6.18. The number of ether oxygens (including phenoxy) is 1. The van der Waals surface area contributed by atoms with Gasteiger partial charge in [0.05, 0.1) is 12.7 Å². The molecule has 0 saturated carbocycles. The van der Waals surface area contributed by atoms with E-state index >= 15 is 0 Å². The highest BCUT2D eigenvalue weighted by molar-refractivity contribution is 6.06. The molecule has 0 aliphatic heterocycles. The first-order chi connectivity index (χ1) is 10.8. The highest BCUT2D eigenvalue weighted by Crippen LogP contribution is 2.20. The van der Waals surface area contributed by atoms with Crippen LogP contribution in [0.3, 0.4) is 0 Å². The first-order valence-electron chi connectivity index (χ1n) is 6.96. The summed E-state index contributed by atoms with van der Waals surface area (Å²) >= 11 is 0. The van der Waals surface area contributed by atoms with Gasteiger partial charge in [0.25, 0.3) is 5.91 Å². The van der Waals surface area contributed by atoms with Gasteiger partial charge in [-0.25, -0.2) is 0 Å². The standard InChI is InChI=1S/C18H16N2O2/c1-22-17-7-3-2-6-16(17)18(21)19-14-8-10-15(11-9-14)20-12-4-5-13-20/h2-13H,1H3,(H,19,21). The Hall–Kier alpha value is -3.01. The largest absolute Gasteiger partial charge is 0.496 e. The van der Waals surface area contributed by atoms with Gasteiger partial charge in [-0.2, -0.15) is 0 Å². The zero-order valence-corrected chi connectivity index (χ0v) is 12.2. The summed E-state index contributed by atoms with van der Waals surface area (Å²) in [4.78, 5) is 12.3. The zero-order chi connectivity index (χ0) is 15.4. The molecular formula is C18H16N2O2. The monoisotopic (exact) mass is 292 g/mol. The lowest BCUT2D eigenvalue weighted by molar-refractivity contribution is 0.102. The molecule has 1 aromatic heterocycles. The quantitative estimate of drug-likeness (QED) is 0.796. The Morgan fingerprint density at radius 1 is 0.955 bits per heavy atom. The van der Waals surface area contributed by atoms with Gasteiger partial charge in [0, 0.05) is 23.8 Å². The van der Waals surface area contributed by atoms with Crippen molar-refractivity contribution in [3.63, 3.8) is 0 Å². The van der Waals surface area contributed by atoms with Gasteiger partial charge in [-0.05, 0) is 48.5 Å². The lowest BCUT2D eigenvalue weighted by Crippen LogP contribution is -2.13. The molecule has 0 spiro atoms. The molecule has 0 bridgehead atoms. The summed E-state index contributed by atoms with van der Waals surface area (Å²) in [6, 6.07) is 18.8. The molecule has 1 amide bonds. The van der Waals surface area contributed by atoms with Gasteiger partial charge < -0.3 is 14.6 Å². The van der Waals surface area contributed by atoms with Crippen molar-refractivity contribution < 1.29 is 9.53 Å². The number of carbonyl (C=O) groups excluding carboxylic acids is 1. The smallest absolute Gasteiger partial charge is 0.259 e. The maximum absolute atomic E-state index is 12.3. The molecule has 0 fully saturated rings. The number of para-hydroxylation sites is 1. The molecule has 0 unspecified atom stereocenters. The van der Waals surface area contributed by atoms with Crippen LogP contribution in [0, 0.1) is 0 Å². The van der Waals surface area contributed by atoms with Crippen LogP contribution < -0.4 is 10.1 Å². The molecular weight excluding hydrogens is 276 g/mol. The first-order valence-corrected chi connectivity index (χ1v) is 6.96. The molecule has 0 atom stereocenters. The summed E-state index contributed by atoms with van der Waals surface area (Å²) in [5.74, 6) is 0.370. The van der Waals surface area contributed by atoms with Gasteiger partial charge in [-0.15, -0.1) is 0 Å². The van der Waals surface area contributed by atoms with Crippen LogP contribution in [0.2, 0.25) is 0 Å². The van der Waals surface area contributed by atoms with Gasteiger partial charge in [0.2, 0.25) is 0 Å². The molecule has 0 aliphatic carbocycles. The van der Waals surface area contributed by atoms with Crippen molar-refractivity contribution in [2.45, 2.75) is 0 Å². The zero-order valence-electron chi connectivity index (χ0n) is 12.2. The molecule has 4 heteroatoms. The third kappa shape index (κ3) is 2.86. The maximum atomic E-state index is 12.3. The van der Waals surface area contributed by atoms with Crippen LogP contribution in [0.4, 0.5) is 5.69 Å². The molecule has 0 saturated heterocycles. The number of benzene rings is 2. The second-order valence-corrected chi connectivity index (χ2v) is 4.79. The van der Waals surface area contributed by atoms with Gasteiger partial charge in [-0.1, -0.05) is 12.1 Å². The number of anilines is 1. The molecule has 4 nitrogen and oxygen atoms in total. The van der Waals surface area contributed by atoms with Crippen molar-refractivity contribution in [2.24, 2.45) is 0 Å². The molecule has 0 aliphatic rings. The number of methoxy groups -OCH3 is 1. The fourth-order valence-corrected chi connectivity index (χ4v) is 2.25. The van der Waals surface area contributed by atoms with Crippen molar-refractivity contribution in [1.29, 1.82) is 0 Å². The number of nitrogens with zero attached hydrogens (tertiary/aromatic N) is 1. The highest BCUT2D eigenvalue weighted by Gasteiger charge is 2.11. The lowest BCUT2D eigenvalue weighted by Gasteiger charge is -2.10. The fraction of sp³-hybridized carbons (Fsp3) is 0.0556. The summed E-state index contributed by atoms with van der Waals surface area (Å²) in [6.07, 6.45) is 3.95. The van der Waals surface area contributed by atoms with Crippen LogP contribution in [0.25, 0.3) is 5.69 Å². The fourth-order valence-electron chi connectivity index (χ4n) is 2.25. The van der Waals surface area contributed by atoms with Crippen molar-refractivity contribution >= 4 is 11.6 Å². The van der Waals surface area contributed by atoms with Gasteiger partial charge >= 0.3 is 0 Å². The second-order valence-electron chi connectivity index (χ2n) is 4.79. The Bertz CT molecular complexity index is 762. The van der Waals surface area contributed by atoms with Crippen molar-refractivity contribution in [2.75, 3.05) is 12.4 Å². The van der Waals surface area contributed by atoms with Gasteiger partial charge in [0.1, 0.15) is 5.75 Å². The summed E-state index contributed by atoms with van der Waals surface area (Å²) in [7, 11) is 1.55. The minimum absolute atomic E-state index is 0.189. The van der Waals surface area contributed by atoms with E-state index in [1.807, 2.05) is 65.5 Å². The Morgan fingerprint density at radius 3 is 2.32 bits per heavy atom. The summed E-state index contributed by atoms with van der Waals surface area (Å²) < 4.78 is 7.21. The number of nitrogens with one attached hydrogen (secondary N) is 1. The van der Waals surface area contributed by atoms with E-state index in [-0.39, 0.29) is 5.91 Å². The van der Waals surface area contributed by atoms with Crippen LogP contribution >= 0.6 is 0 Å². The third-order valence-electron chi connectivity index (χ3n) is 3.38. The molecule has 1 heterocycles. The number of amides is 1. The number of hydrogen-bond acceptors (Lipinski definition) is 2. The molecule has 22 heavy (non-hydrogen) atoms. The predicted molar refractivity (Wildman–Crippen MR) is 86.7 cm³/mol. The van der Waals surface area contributed by atoms with Crippen LogP contribution in [-0.2, 0) is 0 Å². The Morgan fingerprint density at radius 2 is 1.64 bits per heavy atom. The molecule has 0 radical (unpaired) electrons. The number of carbonyl (C=O) groups is 1. The van der Waals surface area contributed by atoms with Crippen LogP contribution in [-0.4, -0.2) is 17.6 Å². The lowest BCUT2D eigenvalue weighted by atomic mass is 10.2. The SMILES string of the molecule is COc1ccccc1C(=O)Nc1ccc(-n2cccc2)cc1. The number of aromatic nitrogens is 1. The topological polar surface area (TPSA) is 43.3 Å². The minimum atomic E-state index is -0.189. The number of rotatable bonds is 4. The third-order valence-corrected chi connectivity index (χ3v) is 3.38. The van der Waals surface area contributed by atoms with Gasteiger partial charge in [0.15, 0.2) is 0 Å². The Labute approximate surface area is 129 Å². The van der Waals surface area contributed by atoms with E-state index in [1.165, 1.54) is 0 Å². The molecule has 110 valence electrons. The highest BCUT2D eigenvalue weighted by atomic mass is 16.5. The summed E-state index contributed by atoms with van der Waals surface area (Å²) in [5, 5.41) is 2.88. The Balaban J connectivity index is 1.77. The molecule has 3 rings (SSSR count).